The smallest absolute Gasteiger partial charge is 0.426 e. The Morgan fingerprint density at radius 2 is 1.70 bits per heavy atom. The predicted octanol–water partition coefficient (Wildman–Crippen LogP) is 3.43. The van der Waals surface area contributed by atoms with E-state index in [1.165, 1.54) is 6.26 Å². The normalized spacial score (nSPS) is 42.0. The highest BCUT2D eigenvalue weighted by molar-refractivity contribution is 5.21. The van der Waals surface area contributed by atoms with Crippen LogP contribution in [0.3, 0.4) is 0 Å². The summed E-state index contributed by atoms with van der Waals surface area (Å²) in [5, 5.41) is 0. The summed E-state index contributed by atoms with van der Waals surface area (Å²) in [4.78, 5) is 0. The highest BCUT2D eigenvalue weighted by atomic mass is 19.4. The van der Waals surface area contributed by atoms with E-state index in [1.807, 2.05) is 0 Å². The van der Waals surface area contributed by atoms with Gasteiger partial charge in [0.2, 0.25) is 0 Å². The van der Waals surface area contributed by atoms with Crippen molar-refractivity contribution in [3.63, 3.8) is 0 Å². The van der Waals surface area contributed by atoms with Crippen LogP contribution in [0.2, 0.25) is 0 Å². The predicted molar refractivity (Wildman–Crippen MR) is 54.5 cm³/mol. The molecule has 2 saturated carbocycles. The third kappa shape index (κ3) is 1.46. The Bertz CT molecular complexity index is 413. The summed E-state index contributed by atoms with van der Waals surface area (Å²) in [6.07, 6.45) is -10.7. The zero-order valence-electron chi connectivity index (χ0n) is 10.2. The lowest BCUT2D eigenvalue weighted by molar-refractivity contribution is -0.473. The molecule has 1 aliphatic heterocycles. The maximum absolute atomic E-state index is 13.0. The Labute approximate surface area is 110 Å². The van der Waals surface area contributed by atoms with Crippen LogP contribution < -0.4 is 0 Å². The van der Waals surface area contributed by atoms with Crippen LogP contribution in [0.5, 0.6) is 0 Å². The topological polar surface area (TPSA) is 18.5 Å². The van der Waals surface area contributed by atoms with Crippen molar-refractivity contribution in [2.24, 2.45) is 17.8 Å². The maximum Gasteiger partial charge on any atom is 0.426 e. The van der Waals surface area contributed by atoms with Crippen molar-refractivity contribution in [2.75, 3.05) is 0 Å². The second kappa shape index (κ2) is 3.84. The minimum absolute atomic E-state index is 0.190. The van der Waals surface area contributed by atoms with Gasteiger partial charge in [0.15, 0.2) is 0 Å². The summed E-state index contributed by atoms with van der Waals surface area (Å²) >= 11 is 0. The van der Waals surface area contributed by atoms with Crippen LogP contribution in [-0.4, -0.2) is 30.2 Å². The third-order valence-electron chi connectivity index (χ3n) is 4.78. The number of halogens is 6. The van der Waals surface area contributed by atoms with Gasteiger partial charge in [-0.2, -0.15) is 26.3 Å². The zero-order chi connectivity index (χ0) is 14.9. The van der Waals surface area contributed by atoms with Gasteiger partial charge in [0.1, 0.15) is 6.10 Å². The van der Waals surface area contributed by atoms with Crippen LogP contribution in [0.1, 0.15) is 12.8 Å². The zero-order valence-corrected chi connectivity index (χ0v) is 10.2. The molecule has 0 amide bonds. The number of alkyl halides is 6. The van der Waals surface area contributed by atoms with Gasteiger partial charge < -0.3 is 9.47 Å². The van der Waals surface area contributed by atoms with Gasteiger partial charge in [-0.1, -0.05) is 6.58 Å². The standard InChI is InChI=1S/C12H12F6O2/c1-2-19-7-4-5-3-6(7)9-8(5)10(20-9,11(13,14)15)12(16,17)18/h2,5-9H,1,3-4H2/t5-,6-,7?,8?,9?/m1/s1. The van der Waals surface area contributed by atoms with E-state index in [1.54, 1.807) is 0 Å². The minimum Gasteiger partial charge on any atom is -0.498 e. The Kier molecular flexibility index (Phi) is 2.69. The van der Waals surface area contributed by atoms with Gasteiger partial charge in [0.05, 0.1) is 12.4 Å². The van der Waals surface area contributed by atoms with Crippen molar-refractivity contribution in [1.82, 2.24) is 0 Å². The quantitative estimate of drug-likeness (QED) is 0.575. The van der Waals surface area contributed by atoms with Gasteiger partial charge in [-0.25, -0.2) is 0 Å². The van der Waals surface area contributed by atoms with Crippen LogP contribution in [0.15, 0.2) is 12.8 Å². The Hall–Kier alpha value is -0.920. The lowest BCUT2D eigenvalue weighted by Crippen LogP contribution is -2.76. The largest absolute Gasteiger partial charge is 0.498 e. The summed E-state index contributed by atoms with van der Waals surface area (Å²) in [7, 11) is 0. The van der Waals surface area contributed by atoms with E-state index in [-0.39, 0.29) is 12.8 Å². The van der Waals surface area contributed by atoms with Gasteiger partial charge in [-0.05, 0) is 18.8 Å². The Morgan fingerprint density at radius 1 is 1.10 bits per heavy atom. The van der Waals surface area contributed by atoms with Crippen molar-refractivity contribution >= 4 is 0 Å². The van der Waals surface area contributed by atoms with E-state index >= 15 is 0 Å². The average Bonchev–Trinajstić information content (AvgIpc) is 2.66. The van der Waals surface area contributed by atoms with Crippen LogP contribution in [0.4, 0.5) is 26.3 Å². The fourth-order valence-corrected chi connectivity index (χ4v) is 4.14. The van der Waals surface area contributed by atoms with Crippen molar-refractivity contribution in [2.45, 2.75) is 43.0 Å². The van der Waals surface area contributed by atoms with E-state index < -0.39 is 47.9 Å². The molecule has 0 aromatic heterocycles. The number of rotatable bonds is 2. The number of fused-ring (bicyclic) bond motifs is 5. The molecule has 2 nitrogen and oxygen atoms in total. The first kappa shape index (κ1) is 14.0. The molecule has 8 heteroatoms. The molecule has 0 radical (unpaired) electrons. The van der Waals surface area contributed by atoms with Gasteiger partial charge >= 0.3 is 12.4 Å². The lowest BCUT2D eigenvalue weighted by atomic mass is 9.67. The molecule has 0 spiro atoms. The summed E-state index contributed by atoms with van der Waals surface area (Å²) < 4.78 is 87.4. The Morgan fingerprint density at radius 3 is 2.15 bits per heavy atom. The molecular formula is C12H12F6O2. The Balaban J connectivity index is 1.90. The second-order valence-electron chi connectivity index (χ2n) is 5.58. The highest BCUT2D eigenvalue weighted by Crippen LogP contribution is 2.69. The molecule has 3 aliphatic rings. The van der Waals surface area contributed by atoms with Crippen molar-refractivity contribution in [3.05, 3.63) is 12.8 Å². The van der Waals surface area contributed by atoms with Crippen molar-refractivity contribution in [3.8, 4) is 0 Å². The molecule has 20 heavy (non-hydrogen) atoms. The third-order valence-corrected chi connectivity index (χ3v) is 4.78. The summed E-state index contributed by atoms with van der Waals surface area (Å²) in [5.41, 5.74) is -4.00. The van der Waals surface area contributed by atoms with Crippen LogP contribution in [-0.2, 0) is 9.47 Å². The molecule has 0 N–H and O–H groups in total. The average molecular weight is 302 g/mol. The molecule has 3 unspecified atom stereocenters. The van der Waals surface area contributed by atoms with Gasteiger partial charge in [-0.15, -0.1) is 0 Å². The number of hydrogen-bond donors (Lipinski definition) is 0. The first-order chi connectivity index (χ1) is 9.13. The molecule has 0 aromatic rings. The first-order valence-corrected chi connectivity index (χ1v) is 6.21. The minimum atomic E-state index is -5.45. The fraction of sp³-hybridized carbons (Fsp3) is 0.833. The number of ether oxygens (including phenoxy) is 2. The van der Waals surface area contributed by atoms with Gasteiger partial charge in [0.25, 0.3) is 5.60 Å². The molecular weight excluding hydrogens is 290 g/mol. The van der Waals surface area contributed by atoms with E-state index in [0.717, 1.165) is 0 Å². The second-order valence-corrected chi connectivity index (χ2v) is 5.58. The van der Waals surface area contributed by atoms with E-state index in [2.05, 4.69) is 11.3 Å². The number of hydrogen-bond acceptors (Lipinski definition) is 2. The van der Waals surface area contributed by atoms with Crippen molar-refractivity contribution in [1.29, 1.82) is 0 Å². The molecule has 2 aliphatic carbocycles. The monoisotopic (exact) mass is 302 g/mol. The molecule has 3 fully saturated rings. The summed E-state index contributed by atoms with van der Waals surface area (Å²) in [5.74, 6) is -2.63. The van der Waals surface area contributed by atoms with Crippen molar-refractivity contribution < 1.29 is 35.8 Å². The first-order valence-electron chi connectivity index (χ1n) is 6.21. The highest BCUT2D eigenvalue weighted by Gasteiger charge is 2.87. The van der Waals surface area contributed by atoms with Crippen LogP contribution in [0, 0.1) is 17.8 Å². The van der Waals surface area contributed by atoms with Crippen LogP contribution in [0.25, 0.3) is 0 Å². The molecule has 3 rings (SSSR count). The molecule has 1 heterocycles. The van der Waals surface area contributed by atoms with E-state index in [9.17, 15) is 26.3 Å². The molecule has 114 valence electrons. The fourth-order valence-electron chi connectivity index (χ4n) is 4.14. The maximum atomic E-state index is 13.0. The van der Waals surface area contributed by atoms with Gasteiger partial charge in [-0.3, -0.25) is 0 Å². The SMILES string of the molecule is C=COC1C[C@H]2C[C@H]1C1OC(C(F)(F)F)(C(F)(F)F)C12. The molecule has 5 atom stereocenters. The van der Waals surface area contributed by atoms with E-state index in [0.29, 0.717) is 0 Å². The molecule has 2 bridgehead atoms. The lowest BCUT2D eigenvalue weighted by Gasteiger charge is -2.57. The van der Waals surface area contributed by atoms with Crippen LogP contribution >= 0.6 is 0 Å². The van der Waals surface area contributed by atoms with E-state index in [4.69, 9.17) is 4.74 Å². The summed E-state index contributed by atoms with van der Waals surface area (Å²) in [6.45, 7) is 3.35. The summed E-state index contributed by atoms with van der Waals surface area (Å²) in [6, 6.07) is 0. The molecule has 1 saturated heterocycles. The van der Waals surface area contributed by atoms with Gasteiger partial charge in [0, 0.05) is 11.8 Å². The molecule has 0 aromatic carbocycles.